The minimum absolute atomic E-state index is 0.0607. The van der Waals surface area contributed by atoms with E-state index in [-0.39, 0.29) is 24.4 Å². The highest BCUT2D eigenvalue weighted by Gasteiger charge is 2.36. The number of carboxylic acids is 1. The molecule has 0 saturated carbocycles. The highest BCUT2D eigenvalue weighted by Crippen LogP contribution is 2.22. The highest BCUT2D eigenvalue weighted by atomic mass is 16.4. The fourth-order valence-corrected chi connectivity index (χ4v) is 2.60. The Morgan fingerprint density at radius 1 is 1.37 bits per heavy atom. The first-order chi connectivity index (χ1) is 9.08. The van der Waals surface area contributed by atoms with Crippen molar-refractivity contribution in [1.82, 2.24) is 15.1 Å². The Kier molecular flexibility index (Phi) is 4.24. The molecule has 2 saturated heterocycles. The molecule has 2 aliphatic heterocycles. The number of rotatable bonds is 4. The number of aliphatic carboxylic acids is 1. The maximum Gasteiger partial charge on any atom is 0.317 e. The van der Waals surface area contributed by atoms with Crippen molar-refractivity contribution in [3.8, 4) is 0 Å². The highest BCUT2D eigenvalue weighted by molar-refractivity contribution is 5.80. The monoisotopic (exact) mass is 269 g/mol. The maximum absolute atomic E-state index is 11.9. The van der Waals surface area contributed by atoms with Crippen molar-refractivity contribution in [3.63, 3.8) is 0 Å². The van der Waals surface area contributed by atoms with Crippen LogP contribution in [0.1, 0.15) is 25.7 Å². The minimum Gasteiger partial charge on any atom is -0.481 e. The molecule has 1 atom stereocenters. The maximum atomic E-state index is 11.9. The smallest absolute Gasteiger partial charge is 0.317 e. The van der Waals surface area contributed by atoms with Crippen LogP contribution in [0.2, 0.25) is 0 Å². The van der Waals surface area contributed by atoms with E-state index in [0.717, 1.165) is 6.42 Å². The van der Waals surface area contributed by atoms with Crippen LogP contribution in [0.3, 0.4) is 0 Å². The standard InChI is InChI=1S/C12H19N3O4/c16-10-4-3-9-8-14(6-7-15(9)10)12(19)13-5-1-2-11(17)18/h9H,1-8H2,(H,13,19)(H,17,18). The number of piperazine rings is 1. The molecule has 0 aliphatic carbocycles. The number of carbonyl (C=O) groups excluding carboxylic acids is 2. The lowest BCUT2D eigenvalue weighted by Gasteiger charge is -2.37. The first-order valence-electron chi connectivity index (χ1n) is 6.62. The second-order valence-corrected chi connectivity index (χ2v) is 4.95. The molecule has 2 N–H and O–H groups in total. The zero-order chi connectivity index (χ0) is 13.8. The van der Waals surface area contributed by atoms with Crippen molar-refractivity contribution in [1.29, 1.82) is 0 Å². The van der Waals surface area contributed by atoms with Crippen molar-refractivity contribution in [2.45, 2.75) is 31.7 Å². The van der Waals surface area contributed by atoms with Crippen molar-refractivity contribution in [2.75, 3.05) is 26.2 Å². The predicted octanol–water partition coefficient (Wildman–Crippen LogP) is -0.133. The van der Waals surface area contributed by atoms with Gasteiger partial charge >= 0.3 is 12.0 Å². The van der Waals surface area contributed by atoms with Crippen LogP contribution in [0.4, 0.5) is 4.79 Å². The number of nitrogens with zero attached hydrogens (tertiary/aromatic N) is 2. The van der Waals surface area contributed by atoms with E-state index in [9.17, 15) is 14.4 Å². The Hall–Kier alpha value is -1.79. The minimum atomic E-state index is -0.854. The number of urea groups is 1. The molecule has 1 unspecified atom stereocenters. The van der Waals surface area contributed by atoms with Crippen molar-refractivity contribution in [3.05, 3.63) is 0 Å². The summed E-state index contributed by atoms with van der Waals surface area (Å²) in [6, 6.07) is -0.00425. The Labute approximate surface area is 111 Å². The number of hydrogen-bond acceptors (Lipinski definition) is 3. The summed E-state index contributed by atoms with van der Waals surface area (Å²) in [7, 11) is 0. The Morgan fingerprint density at radius 3 is 2.89 bits per heavy atom. The van der Waals surface area contributed by atoms with Gasteiger partial charge in [-0.2, -0.15) is 0 Å². The van der Waals surface area contributed by atoms with Gasteiger partial charge in [-0.3, -0.25) is 9.59 Å². The molecule has 2 fully saturated rings. The summed E-state index contributed by atoms with van der Waals surface area (Å²) in [5, 5.41) is 11.2. The van der Waals surface area contributed by atoms with Gasteiger partial charge in [-0.25, -0.2) is 4.79 Å². The first kappa shape index (κ1) is 13.6. The molecule has 0 aromatic carbocycles. The van der Waals surface area contributed by atoms with Crippen LogP contribution in [-0.4, -0.2) is 65.0 Å². The molecular formula is C12H19N3O4. The van der Waals surface area contributed by atoms with Crippen LogP contribution in [0.15, 0.2) is 0 Å². The van der Waals surface area contributed by atoms with Crippen LogP contribution in [0, 0.1) is 0 Å². The molecule has 7 nitrogen and oxygen atoms in total. The molecule has 2 heterocycles. The second-order valence-electron chi connectivity index (χ2n) is 4.95. The lowest BCUT2D eigenvalue weighted by Crippen LogP contribution is -2.55. The van der Waals surface area contributed by atoms with Crippen molar-refractivity contribution >= 4 is 17.9 Å². The molecule has 0 bridgehead atoms. The summed E-state index contributed by atoms with van der Waals surface area (Å²) in [5.41, 5.74) is 0. The SMILES string of the molecule is O=C(O)CCCNC(=O)N1CCN2C(=O)CCC2C1. The fourth-order valence-electron chi connectivity index (χ4n) is 2.60. The summed E-state index contributed by atoms with van der Waals surface area (Å²) < 4.78 is 0. The van der Waals surface area contributed by atoms with Gasteiger partial charge in [0.15, 0.2) is 0 Å². The topological polar surface area (TPSA) is 89.9 Å². The zero-order valence-corrected chi connectivity index (χ0v) is 10.8. The van der Waals surface area contributed by atoms with E-state index in [0.29, 0.717) is 39.0 Å². The fraction of sp³-hybridized carbons (Fsp3) is 0.750. The van der Waals surface area contributed by atoms with E-state index in [2.05, 4.69) is 5.32 Å². The van der Waals surface area contributed by atoms with Gasteiger partial charge in [0.25, 0.3) is 0 Å². The number of carboxylic acid groups (broad SMARTS) is 1. The molecular weight excluding hydrogens is 250 g/mol. The molecule has 19 heavy (non-hydrogen) atoms. The summed E-state index contributed by atoms with van der Waals surface area (Å²) >= 11 is 0. The average molecular weight is 269 g/mol. The lowest BCUT2D eigenvalue weighted by molar-refractivity contribution is -0.137. The van der Waals surface area contributed by atoms with Gasteiger partial charge in [-0.1, -0.05) is 0 Å². The largest absolute Gasteiger partial charge is 0.481 e. The second kappa shape index (κ2) is 5.90. The lowest BCUT2D eigenvalue weighted by atomic mass is 10.1. The first-order valence-corrected chi connectivity index (χ1v) is 6.62. The van der Waals surface area contributed by atoms with Crippen LogP contribution >= 0.6 is 0 Å². The third-order valence-corrected chi connectivity index (χ3v) is 3.63. The summed E-state index contributed by atoms with van der Waals surface area (Å²) in [5.74, 6) is -0.668. The Morgan fingerprint density at radius 2 is 2.16 bits per heavy atom. The Bertz CT molecular complexity index is 385. The molecule has 3 amide bonds. The van der Waals surface area contributed by atoms with Gasteiger partial charge in [-0.15, -0.1) is 0 Å². The predicted molar refractivity (Wildman–Crippen MR) is 66.6 cm³/mol. The van der Waals surface area contributed by atoms with Crippen molar-refractivity contribution < 1.29 is 19.5 Å². The number of hydrogen-bond donors (Lipinski definition) is 2. The molecule has 106 valence electrons. The number of nitrogens with one attached hydrogen (secondary N) is 1. The van der Waals surface area contributed by atoms with E-state index in [1.165, 1.54) is 0 Å². The van der Waals surface area contributed by atoms with Gasteiger partial charge in [0.05, 0.1) is 0 Å². The van der Waals surface area contributed by atoms with Gasteiger partial charge in [0.1, 0.15) is 0 Å². The third-order valence-electron chi connectivity index (χ3n) is 3.63. The van der Waals surface area contributed by atoms with E-state index in [4.69, 9.17) is 5.11 Å². The van der Waals surface area contributed by atoms with Crippen LogP contribution in [-0.2, 0) is 9.59 Å². The summed E-state index contributed by atoms with van der Waals surface area (Å²) in [6.07, 6.45) is 1.90. The summed E-state index contributed by atoms with van der Waals surface area (Å²) in [4.78, 5) is 37.3. The third kappa shape index (κ3) is 3.36. The van der Waals surface area contributed by atoms with Crippen LogP contribution in [0.5, 0.6) is 0 Å². The van der Waals surface area contributed by atoms with Crippen LogP contribution < -0.4 is 5.32 Å². The zero-order valence-electron chi connectivity index (χ0n) is 10.8. The number of amides is 3. The van der Waals surface area contributed by atoms with E-state index >= 15 is 0 Å². The molecule has 2 rings (SSSR count). The van der Waals surface area contributed by atoms with E-state index in [1.807, 2.05) is 4.90 Å². The molecule has 2 aliphatic rings. The molecule has 7 heteroatoms. The molecule has 0 aromatic rings. The quantitative estimate of drug-likeness (QED) is 0.695. The van der Waals surface area contributed by atoms with Crippen LogP contribution in [0.25, 0.3) is 0 Å². The van der Waals surface area contributed by atoms with Crippen molar-refractivity contribution in [2.24, 2.45) is 0 Å². The molecule has 0 spiro atoms. The van der Waals surface area contributed by atoms with E-state index in [1.54, 1.807) is 4.90 Å². The average Bonchev–Trinajstić information content (AvgIpc) is 2.75. The van der Waals surface area contributed by atoms with E-state index < -0.39 is 5.97 Å². The van der Waals surface area contributed by atoms with Gasteiger partial charge in [-0.05, 0) is 12.8 Å². The Balaban J connectivity index is 1.72. The molecule has 0 aromatic heterocycles. The molecule has 0 radical (unpaired) electrons. The normalized spacial score (nSPS) is 22.3. The summed E-state index contributed by atoms with van der Waals surface area (Å²) in [6.45, 7) is 2.10. The number of fused-ring (bicyclic) bond motifs is 1. The number of carbonyl (C=O) groups is 3. The van der Waals surface area contributed by atoms with Gasteiger partial charge in [0, 0.05) is 45.1 Å². The van der Waals surface area contributed by atoms with Gasteiger partial charge in [0.2, 0.25) is 5.91 Å². The van der Waals surface area contributed by atoms with Gasteiger partial charge < -0.3 is 20.2 Å².